The molecule has 0 saturated heterocycles. The Morgan fingerprint density at radius 2 is 1.85 bits per heavy atom. The number of allylic oxidation sites excluding steroid dienone is 1. The zero-order chi connectivity index (χ0) is 18.5. The number of ketones is 1. The van der Waals surface area contributed by atoms with E-state index < -0.39 is 17.6 Å². The maximum Gasteiger partial charge on any atom is 0.344 e. The maximum absolute atomic E-state index is 13.6. The summed E-state index contributed by atoms with van der Waals surface area (Å²) in [5.41, 5.74) is 0.294. The molecule has 1 heterocycles. The first-order valence-electron chi connectivity index (χ1n) is 7.57. The third kappa shape index (κ3) is 4.33. The Bertz CT molecular complexity index is 980. The molecule has 0 amide bonds. The first kappa shape index (κ1) is 18.2. The molecule has 3 aromatic rings. The van der Waals surface area contributed by atoms with Crippen molar-refractivity contribution >= 4 is 45.1 Å². The van der Waals surface area contributed by atoms with Crippen LogP contribution in [0, 0.1) is 5.82 Å². The number of ether oxygens (including phenoxy) is 1. The Morgan fingerprint density at radius 3 is 2.58 bits per heavy atom. The molecule has 6 heteroatoms. The van der Waals surface area contributed by atoms with Gasteiger partial charge in [0, 0.05) is 9.35 Å². The Labute approximate surface area is 161 Å². The zero-order valence-corrected chi connectivity index (χ0v) is 15.7. The lowest BCUT2D eigenvalue weighted by molar-refractivity contribution is 0.0732. The molecule has 0 fully saturated rings. The summed E-state index contributed by atoms with van der Waals surface area (Å²) in [7, 11) is 0. The molecule has 0 bridgehead atoms. The lowest BCUT2D eigenvalue weighted by atomic mass is 10.1. The molecule has 0 aliphatic heterocycles. The normalized spacial score (nSPS) is 10.8. The van der Waals surface area contributed by atoms with Crippen LogP contribution in [0.5, 0.6) is 5.75 Å². The predicted molar refractivity (Wildman–Crippen MR) is 103 cm³/mol. The number of esters is 1. The summed E-state index contributed by atoms with van der Waals surface area (Å²) < 4.78 is 19.5. The largest absolute Gasteiger partial charge is 0.422 e. The van der Waals surface area contributed by atoms with Crippen LogP contribution in [0.25, 0.3) is 6.08 Å². The van der Waals surface area contributed by atoms with Crippen LogP contribution in [0.1, 0.15) is 25.6 Å². The van der Waals surface area contributed by atoms with Crippen molar-refractivity contribution in [3.05, 3.63) is 92.3 Å². The summed E-state index contributed by atoms with van der Waals surface area (Å²) in [6, 6.07) is 14.0. The van der Waals surface area contributed by atoms with Crippen molar-refractivity contribution in [2.45, 2.75) is 0 Å². The molecule has 0 saturated carbocycles. The number of benzene rings is 2. The summed E-state index contributed by atoms with van der Waals surface area (Å²) in [5, 5.41) is 1.89. The van der Waals surface area contributed by atoms with Gasteiger partial charge >= 0.3 is 5.97 Å². The van der Waals surface area contributed by atoms with Crippen LogP contribution in [0.3, 0.4) is 0 Å². The van der Waals surface area contributed by atoms with Crippen molar-refractivity contribution < 1.29 is 18.7 Å². The lowest BCUT2D eigenvalue weighted by Gasteiger charge is -2.09. The molecule has 130 valence electrons. The summed E-state index contributed by atoms with van der Waals surface area (Å²) >= 11 is 4.75. The van der Waals surface area contributed by atoms with Gasteiger partial charge in [0.25, 0.3) is 0 Å². The molecule has 3 rings (SSSR count). The van der Waals surface area contributed by atoms with Crippen molar-refractivity contribution in [3.63, 3.8) is 0 Å². The van der Waals surface area contributed by atoms with Crippen molar-refractivity contribution in [3.8, 4) is 5.75 Å². The molecule has 0 unspecified atom stereocenters. The second kappa shape index (κ2) is 8.21. The minimum Gasteiger partial charge on any atom is -0.422 e. The van der Waals surface area contributed by atoms with E-state index in [4.69, 9.17) is 4.74 Å². The number of carbonyl (C=O) groups is 2. The molecule has 2 aromatic carbocycles. The molecule has 0 N–H and O–H groups in total. The van der Waals surface area contributed by atoms with Gasteiger partial charge in [0.15, 0.2) is 5.78 Å². The van der Waals surface area contributed by atoms with E-state index in [2.05, 4.69) is 15.9 Å². The molecule has 0 radical (unpaired) electrons. The topological polar surface area (TPSA) is 43.4 Å². The number of hydrogen-bond donors (Lipinski definition) is 0. The average molecular weight is 431 g/mol. The Balaban J connectivity index is 1.87. The summed E-state index contributed by atoms with van der Waals surface area (Å²) in [6.07, 6.45) is 2.97. The van der Waals surface area contributed by atoms with Crippen LogP contribution in [0.2, 0.25) is 0 Å². The quantitative estimate of drug-likeness (QED) is 0.223. The van der Waals surface area contributed by atoms with Crippen LogP contribution in [0.15, 0.2) is 70.5 Å². The SMILES string of the molecule is O=C(Oc1ccc(F)cc1C(=O)C=Cc1cccs1)c1ccccc1Br. The van der Waals surface area contributed by atoms with Crippen LogP contribution in [-0.4, -0.2) is 11.8 Å². The second-order valence-electron chi connectivity index (χ2n) is 5.22. The van der Waals surface area contributed by atoms with Crippen LogP contribution in [0.4, 0.5) is 4.39 Å². The number of thiophene rings is 1. The molecule has 0 atom stereocenters. The molecule has 26 heavy (non-hydrogen) atoms. The Morgan fingerprint density at radius 1 is 1.04 bits per heavy atom. The average Bonchev–Trinajstić information content (AvgIpc) is 3.15. The highest BCUT2D eigenvalue weighted by Crippen LogP contribution is 2.24. The van der Waals surface area contributed by atoms with E-state index in [0.29, 0.717) is 10.0 Å². The van der Waals surface area contributed by atoms with Crippen LogP contribution >= 0.6 is 27.3 Å². The molecule has 0 spiro atoms. The number of halogens is 2. The van der Waals surface area contributed by atoms with Crippen molar-refractivity contribution in [2.75, 3.05) is 0 Å². The van der Waals surface area contributed by atoms with Crippen LogP contribution in [-0.2, 0) is 0 Å². The highest BCUT2D eigenvalue weighted by Gasteiger charge is 2.17. The standard InChI is InChI=1S/C20H12BrFO3S/c21-17-6-2-1-5-15(17)20(24)25-19-10-7-13(22)12-16(19)18(23)9-8-14-4-3-11-26-14/h1-12H. The molecule has 3 nitrogen and oxygen atoms in total. The van der Waals surface area contributed by atoms with Gasteiger partial charge in [-0.25, -0.2) is 9.18 Å². The molecule has 0 aliphatic rings. The highest BCUT2D eigenvalue weighted by atomic mass is 79.9. The summed E-state index contributed by atoms with van der Waals surface area (Å²) in [5.74, 6) is -1.67. The van der Waals surface area contributed by atoms with Gasteiger partial charge < -0.3 is 4.74 Å². The zero-order valence-electron chi connectivity index (χ0n) is 13.3. The van der Waals surface area contributed by atoms with Gasteiger partial charge in [0.2, 0.25) is 0 Å². The second-order valence-corrected chi connectivity index (χ2v) is 7.06. The van der Waals surface area contributed by atoms with E-state index in [1.54, 1.807) is 30.3 Å². The van der Waals surface area contributed by atoms with Gasteiger partial charge in [-0.1, -0.05) is 18.2 Å². The third-order valence-electron chi connectivity index (χ3n) is 3.45. The van der Waals surface area contributed by atoms with Gasteiger partial charge in [0.1, 0.15) is 11.6 Å². The first-order valence-corrected chi connectivity index (χ1v) is 9.24. The molecule has 1 aromatic heterocycles. The van der Waals surface area contributed by atoms with Gasteiger partial charge in [-0.3, -0.25) is 4.79 Å². The fraction of sp³-hybridized carbons (Fsp3) is 0. The van der Waals surface area contributed by atoms with Crippen LogP contribution < -0.4 is 4.74 Å². The van der Waals surface area contributed by atoms with E-state index >= 15 is 0 Å². The minimum atomic E-state index is -0.639. The van der Waals surface area contributed by atoms with E-state index in [0.717, 1.165) is 17.0 Å². The third-order valence-corrected chi connectivity index (χ3v) is 4.97. The summed E-state index contributed by atoms with van der Waals surface area (Å²) in [4.78, 5) is 25.7. The molecule has 0 aliphatic carbocycles. The van der Waals surface area contributed by atoms with Gasteiger partial charge in [-0.05, 0) is 69.9 Å². The Hall–Kier alpha value is -2.57. The van der Waals surface area contributed by atoms with Gasteiger partial charge in [-0.2, -0.15) is 0 Å². The van der Waals surface area contributed by atoms with Crippen molar-refractivity contribution in [1.82, 2.24) is 0 Å². The summed E-state index contributed by atoms with van der Waals surface area (Å²) in [6.45, 7) is 0. The van der Waals surface area contributed by atoms with Crippen molar-refractivity contribution in [1.29, 1.82) is 0 Å². The van der Waals surface area contributed by atoms with E-state index in [1.165, 1.54) is 23.5 Å². The highest BCUT2D eigenvalue weighted by molar-refractivity contribution is 9.10. The van der Waals surface area contributed by atoms with E-state index in [-0.39, 0.29) is 11.3 Å². The minimum absolute atomic E-state index is 0.00739. The number of hydrogen-bond acceptors (Lipinski definition) is 4. The lowest BCUT2D eigenvalue weighted by Crippen LogP contribution is -2.12. The monoisotopic (exact) mass is 430 g/mol. The van der Waals surface area contributed by atoms with Gasteiger partial charge in [-0.15, -0.1) is 11.3 Å². The fourth-order valence-electron chi connectivity index (χ4n) is 2.20. The predicted octanol–water partition coefficient (Wildman–Crippen LogP) is 5.77. The number of carbonyl (C=O) groups excluding carboxylic acids is 2. The Kier molecular flexibility index (Phi) is 5.75. The molecular formula is C20H12BrFO3S. The smallest absolute Gasteiger partial charge is 0.344 e. The van der Waals surface area contributed by atoms with E-state index in [1.807, 2.05) is 17.5 Å². The number of rotatable bonds is 5. The van der Waals surface area contributed by atoms with Gasteiger partial charge in [0.05, 0.1) is 11.1 Å². The van der Waals surface area contributed by atoms with Crippen molar-refractivity contribution in [2.24, 2.45) is 0 Å². The first-order chi connectivity index (χ1) is 12.5. The molecular weight excluding hydrogens is 419 g/mol. The van der Waals surface area contributed by atoms with E-state index in [9.17, 15) is 14.0 Å². The maximum atomic E-state index is 13.6. The fourth-order valence-corrected chi connectivity index (χ4v) is 3.26.